The van der Waals surface area contributed by atoms with Gasteiger partial charge in [-0.05, 0) is 28.8 Å². The lowest BCUT2D eigenvalue weighted by molar-refractivity contribution is 0.326. The van der Waals surface area contributed by atoms with E-state index < -0.39 is 10.0 Å². The molecule has 0 bridgehead atoms. The van der Waals surface area contributed by atoms with E-state index >= 15 is 0 Å². The standard InChI is InChI=1S/C7H12BrN5O2S/c1-13-7(6(8)10-12-13)16(14,15)11-5-2-4(9)3-5/h4-5,11H,2-3,9H2,1H3. The molecule has 0 aliphatic heterocycles. The van der Waals surface area contributed by atoms with Gasteiger partial charge in [-0.1, -0.05) is 5.21 Å². The highest BCUT2D eigenvalue weighted by Crippen LogP contribution is 2.22. The van der Waals surface area contributed by atoms with Crippen LogP contribution in [0.3, 0.4) is 0 Å². The van der Waals surface area contributed by atoms with Crippen molar-refractivity contribution in [3.8, 4) is 0 Å². The molecule has 0 amide bonds. The van der Waals surface area contributed by atoms with Gasteiger partial charge >= 0.3 is 0 Å². The Bertz CT molecular complexity index is 473. The van der Waals surface area contributed by atoms with Crippen molar-refractivity contribution < 1.29 is 8.42 Å². The molecule has 0 spiro atoms. The van der Waals surface area contributed by atoms with Crippen molar-refractivity contribution in [1.29, 1.82) is 0 Å². The number of sulfonamides is 1. The summed E-state index contributed by atoms with van der Waals surface area (Å²) in [6.07, 6.45) is 1.34. The number of nitrogens with zero attached hydrogens (tertiary/aromatic N) is 3. The summed E-state index contributed by atoms with van der Waals surface area (Å²) in [6.45, 7) is 0. The van der Waals surface area contributed by atoms with Crippen LogP contribution in [0.1, 0.15) is 12.8 Å². The fourth-order valence-electron chi connectivity index (χ4n) is 1.64. The molecular weight excluding hydrogens is 298 g/mol. The van der Waals surface area contributed by atoms with Crippen molar-refractivity contribution >= 4 is 26.0 Å². The van der Waals surface area contributed by atoms with Gasteiger partial charge in [0.1, 0.15) is 0 Å². The highest BCUT2D eigenvalue weighted by atomic mass is 79.9. The molecule has 9 heteroatoms. The monoisotopic (exact) mass is 309 g/mol. The summed E-state index contributed by atoms with van der Waals surface area (Å²) in [5.74, 6) is 0. The van der Waals surface area contributed by atoms with Gasteiger partial charge in [0.15, 0.2) is 4.60 Å². The van der Waals surface area contributed by atoms with Crippen LogP contribution in [0.4, 0.5) is 0 Å². The van der Waals surface area contributed by atoms with E-state index in [-0.39, 0.29) is 21.7 Å². The smallest absolute Gasteiger partial charge is 0.260 e. The molecule has 1 fully saturated rings. The minimum Gasteiger partial charge on any atom is -0.328 e. The zero-order valence-electron chi connectivity index (χ0n) is 8.59. The van der Waals surface area contributed by atoms with Gasteiger partial charge in [0.2, 0.25) is 5.03 Å². The highest BCUT2D eigenvalue weighted by molar-refractivity contribution is 9.10. The zero-order chi connectivity index (χ0) is 11.9. The first-order valence-corrected chi connectivity index (χ1v) is 7.01. The SMILES string of the molecule is Cn1nnc(Br)c1S(=O)(=O)NC1CC(N)C1. The van der Waals surface area contributed by atoms with E-state index in [0.717, 1.165) is 0 Å². The Balaban J connectivity index is 2.19. The Labute approximate surface area is 102 Å². The van der Waals surface area contributed by atoms with E-state index in [4.69, 9.17) is 5.73 Å². The van der Waals surface area contributed by atoms with Crippen LogP contribution in [0.15, 0.2) is 9.63 Å². The molecule has 16 heavy (non-hydrogen) atoms. The van der Waals surface area contributed by atoms with E-state index in [1.165, 1.54) is 11.7 Å². The van der Waals surface area contributed by atoms with E-state index in [0.29, 0.717) is 12.8 Å². The first-order chi connectivity index (χ1) is 7.40. The molecule has 1 aliphatic rings. The van der Waals surface area contributed by atoms with Crippen molar-refractivity contribution in [3.05, 3.63) is 4.60 Å². The molecule has 1 heterocycles. The predicted molar refractivity (Wildman–Crippen MR) is 60.0 cm³/mol. The second-order valence-corrected chi connectivity index (χ2v) is 6.24. The Hall–Kier alpha value is -0.510. The first-order valence-electron chi connectivity index (χ1n) is 4.73. The second-order valence-electron chi connectivity index (χ2n) is 3.86. The van der Waals surface area contributed by atoms with Gasteiger partial charge in [-0.25, -0.2) is 17.8 Å². The number of hydrogen-bond acceptors (Lipinski definition) is 5. The van der Waals surface area contributed by atoms with Crippen molar-refractivity contribution in [2.75, 3.05) is 0 Å². The third-order valence-electron chi connectivity index (χ3n) is 2.49. The van der Waals surface area contributed by atoms with Gasteiger partial charge in [0.05, 0.1) is 0 Å². The fraction of sp³-hybridized carbons (Fsp3) is 0.714. The fourth-order valence-corrected chi connectivity index (χ4v) is 4.00. The van der Waals surface area contributed by atoms with Gasteiger partial charge in [0, 0.05) is 19.1 Å². The van der Waals surface area contributed by atoms with E-state index in [1.54, 1.807) is 0 Å². The normalized spacial score (nSPS) is 25.4. The lowest BCUT2D eigenvalue weighted by Gasteiger charge is -2.32. The molecule has 3 N–H and O–H groups in total. The first kappa shape index (κ1) is 12.0. The minimum atomic E-state index is -3.58. The number of nitrogens with two attached hydrogens (primary N) is 1. The van der Waals surface area contributed by atoms with Crippen LogP contribution in [0.5, 0.6) is 0 Å². The van der Waals surface area contributed by atoms with Crippen LogP contribution in [0, 0.1) is 0 Å². The molecular formula is C7H12BrN5O2S. The van der Waals surface area contributed by atoms with Crippen molar-refractivity contribution in [3.63, 3.8) is 0 Å². The van der Waals surface area contributed by atoms with Gasteiger partial charge < -0.3 is 5.73 Å². The molecule has 0 atom stereocenters. The van der Waals surface area contributed by atoms with Crippen molar-refractivity contribution in [2.24, 2.45) is 12.8 Å². The maximum absolute atomic E-state index is 12.0. The number of halogens is 1. The van der Waals surface area contributed by atoms with Gasteiger partial charge in [-0.3, -0.25) is 0 Å². The maximum atomic E-state index is 12.0. The number of nitrogens with one attached hydrogen (secondary N) is 1. The number of hydrogen-bond donors (Lipinski definition) is 2. The maximum Gasteiger partial charge on any atom is 0.260 e. The van der Waals surface area contributed by atoms with Gasteiger partial charge in [-0.15, -0.1) is 5.10 Å². The molecule has 0 aromatic carbocycles. The summed E-state index contributed by atoms with van der Waals surface area (Å²) in [6, 6.07) is 0.0163. The van der Waals surface area contributed by atoms with Gasteiger partial charge in [-0.2, -0.15) is 0 Å². The quantitative estimate of drug-likeness (QED) is 0.772. The molecule has 90 valence electrons. The molecule has 1 aromatic heterocycles. The highest BCUT2D eigenvalue weighted by Gasteiger charge is 2.33. The molecule has 1 aromatic rings. The molecule has 7 nitrogen and oxygen atoms in total. The zero-order valence-corrected chi connectivity index (χ0v) is 11.0. The average molecular weight is 310 g/mol. The second kappa shape index (κ2) is 4.06. The minimum absolute atomic E-state index is 0.0352. The predicted octanol–water partition coefficient (Wildman–Crippen LogP) is -0.654. The van der Waals surface area contributed by atoms with E-state index in [2.05, 4.69) is 31.0 Å². The Morgan fingerprint density at radius 2 is 2.19 bits per heavy atom. The van der Waals surface area contributed by atoms with Crippen LogP contribution in [0.2, 0.25) is 0 Å². The largest absolute Gasteiger partial charge is 0.328 e. The molecule has 0 saturated heterocycles. The summed E-state index contributed by atoms with van der Waals surface area (Å²) in [5.41, 5.74) is 5.59. The van der Waals surface area contributed by atoms with Crippen molar-refractivity contribution in [2.45, 2.75) is 30.0 Å². The summed E-state index contributed by atoms with van der Waals surface area (Å²) < 4.78 is 27.9. The van der Waals surface area contributed by atoms with Crippen LogP contribution < -0.4 is 10.5 Å². The summed E-state index contributed by atoms with van der Waals surface area (Å²) in [7, 11) is -2.05. The summed E-state index contributed by atoms with van der Waals surface area (Å²) in [4.78, 5) is 0. The van der Waals surface area contributed by atoms with Crippen LogP contribution in [-0.4, -0.2) is 35.5 Å². The van der Waals surface area contributed by atoms with Crippen molar-refractivity contribution in [1.82, 2.24) is 19.7 Å². The van der Waals surface area contributed by atoms with Gasteiger partial charge in [0.25, 0.3) is 10.0 Å². The lowest BCUT2D eigenvalue weighted by atomic mass is 9.89. The van der Waals surface area contributed by atoms with Crippen LogP contribution in [-0.2, 0) is 17.1 Å². The number of aryl methyl sites for hydroxylation is 1. The third-order valence-corrected chi connectivity index (χ3v) is 4.89. The summed E-state index contributed by atoms with van der Waals surface area (Å²) in [5, 5.41) is 7.29. The average Bonchev–Trinajstić information content (AvgIpc) is 2.43. The van der Waals surface area contributed by atoms with E-state index in [9.17, 15) is 8.42 Å². The van der Waals surface area contributed by atoms with Crippen LogP contribution >= 0.6 is 15.9 Å². The number of rotatable bonds is 3. The molecule has 1 saturated carbocycles. The summed E-state index contributed by atoms with van der Waals surface area (Å²) >= 11 is 3.06. The molecule has 0 unspecified atom stereocenters. The molecule has 1 aliphatic carbocycles. The Kier molecular flexibility index (Phi) is 3.03. The third kappa shape index (κ3) is 2.12. The number of aromatic nitrogens is 3. The Morgan fingerprint density at radius 3 is 2.62 bits per heavy atom. The molecule has 0 radical (unpaired) electrons. The Morgan fingerprint density at radius 1 is 1.56 bits per heavy atom. The molecule has 2 rings (SSSR count). The topological polar surface area (TPSA) is 103 Å². The van der Waals surface area contributed by atoms with E-state index in [1.807, 2.05) is 0 Å². The van der Waals surface area contributed by atoms with Crippen LogP contribution in [0.25, 0.3) is 0 Å². The lowest BCUT2D eigenvalue weighted by Crippen LogP contribution is -2.50.